The van der Waals surface area contributed by atoms with Gasteiger partial charge in [-0.2, -0.15) is 4.98 Å². The zero-order valence-corrected chi connectivity index (χ0v) is 12.4. The molecular weight excluding hydrogens is 285 g/mol. The Labute approximate surface area is 123 Å². The molecule has 1 heterocycles. The molecule has 19 heavy (non-hydrogen) atoms. The fourth-order valence-electron chi connectivity index (χ4n) is 1.57. The van der Waals surface area contributed by atoms with Gasteiger partial charge in [0, 0.05) is 11.4 Å². The summed E-state index contributed by atoms with van der Waals surface area (Å²) in [6.07, 6.45) is 0.550. The molecule has 0 aliphatic carbocycles. The van der Waals surface area contributed by atoms with E-state index in [1.54, 1.807) is 0 Å². The van der Waals surface area contributed by atoms with E-state index >= 15 is 0 Å². The lowest BCUT2D eigenvalue weighted by molar-refractivity contribution is 0.322. The number of rotatable bonds is 4. The van der Waals surface area contributed by atoms with Gasteiger partial charge >= 0.3 is 0 Å². The monoisotopic (exact) mass is 301 g/mol. The van der Waals surface area contributed by atoms with Crippen molar-refractivity contribution in [2.24, 2.45) is 11.7 Å². The summed E-state index contributed by atoms with van der Waals surface area (Å²) in [5, 5.41) is 4.64. The van der Waals surface area contributed by atoms with Crippen LogP contribution in [0.4, 0.5) is 0 Å². The first-order valence-corrected chi connectivity index (χ1v) is 6.27. The lowest BCUT2D eigenvalue weighted by Crippen LogP contribution is -2.17. The van der Waals surface area contributed by atoms with E-state index in [2.05, 4.69) is 10.1 Å². The minimum Gasteiger partial charge on any atom is -0.338 e. The number of nitrogens with two attached hydrogens (primary N) is 1. The van der Waals surface area contributed by atoms with Gasteiger partial charge in [-0.15, -0.1) is 12.4 Å². The van der Waals surface area contributed by atoms with Crippen LogP contribution in [0.2, 0.25) is 5.02 Å². The molecule has 0 radical (unpaired) electrons. The molecule has 4 nitrogen and oxygen atoms in total. The Morgan fingerprint density at radius 2 is 2.00 bits per heavy atom. The summed E-state index contributed by atoms with van der Waals surface area (Å²) in [6, 6.07) is 7.39. The van der Waals surface area contributed by atoms with Crippen LogP contribution in [-0.4, -0.2) is 10.1 Å². The van der Waals surface area contributed by atoms with Crippen molar-refractivity contribution in [3.63, 3.8) is 0 Å². The molecule has 0 aliphatic heterocycles. The number of aromatic nitrogens is 2. The highest BCUT2D eigenvalue weighted by Crippen LogP contribution is 2.20. The third-order valence-corrected chi connectivity index (χ3v) is 3.16. The van der Waals surface area contributed by atoms with E-state index in [0.717, 1.165) is 5.56 Å². The van der Waals surface area contributed by atoms with E-state index < -0.39 is 0 Å². The zero-order chi connectivity index (χ0) is 13.1. The molecule has 0 saturated carbocycles. The van der Waals surface area contributed by atoms with Crippen LogP contribution in [0.15, 0.2) is 28.8 Å². The van der Waals surface area contributed by atoms with Gasteiger partial charge in [0.05, 0.1) is 6.04 Å². The molecule has 1 aromatic heterocycles. The van der Waals surface area contributed by atoms with Crippen LogP contribution in [0.5, 0.6) is 0 Å². The summed E-state index contributed by atoms with van der Waals surface area (Å²) in [5.74, 6) is 1.35. The average molecular weight is 302 g/mol. The minimum absolute atomic E-state index is 0. The van der Waals surface area contributed by atoms with Crippen molar-refractivity contribution >= 4 is 24.0 Å². The fourth-order valence-corrected chi connectivity index (χ4v) is 1.77. The predicted octanol–water partition coefficient (Wildman–Crippen LogP) is 3.39. The normalized spacial score (nSPS) is 12.3. The molecule has 0 bridgehead atoms. The van der Waals surface area contributed by atoms with Crippen molar-refractivity contribution in [3.05, 3.63) is 46.6 Å². The van der Waals surface area contributed by atoms with Crippen molar-refractivity contribution in [2.75, 3.05) is 0 Å². The third kappa shape index (κ3) is 3.93. The van der Waals surface area contributed by atoms with Gasteiger partial charge in [-0.25, -0.2) is 0 Å². The van der Waals surface area contributed by atoms with E-state index in [9.17, 15) is 0 Å². The first-order chi connectivity index (χ1) is 8.58. The molecule has 104 valence electrons. The number of hydrogen-bond donors (Lipinski definition) is 1. The topological polar surface area (TPSA) is 64.9 Å². The van der Waals surface area contributed by atoms with Gasteiger partial charge in [-0.05, 0) is 17.5 Å². The second kappa shape index (κ2) is 6.89. The zero-order valence-electron chi connectivity index (χ0n) is 10.8. The highest BCUT2D eigenvalue weighted by molar-refractivity contribution is 6.31. The van der Waals surface area contributed by atoms with E-state index in [0.29, 0.717) is 23.2 Å². The molecule has 0 saturated heterocycles. The van der Waals surface area contributed by atoms with Gasteiger partial charge in [-0.3, -0.25) is 0 Å². The fraction of sp³-hybridized carbons (Fsp3) is 0.385. The maximum atomic E-state index is 6.08. The van der Waals surface area contributed by atoms with Crippen molar-refractivity contribution in [2.45, 2.75) is 26.3 Å². The number of hydrogen-bond acceptors (Lipinski definition) is 4. The Hall–Kier alpha value is -1.10. The Morgan fingerprint density at radius 1 is 1.32 bits per heavy atom. The van der Waals surface area contributed by atoms with E-state index in [4.69, 9.17) is 21.9 Å². The number of halogens is 2. The van der Waals surface area contributed by atoms with Crippen molar-refractivity contribution in [1.82, 2.24) is 10.1 Å². The van der Waals surface area contributed by atoms with Crippen LogP contribution in [0.25, 0.3) is 0 Å². The lowest BCUT2D eigenvalue weighted by atomic mass is 10.1. The molecule has 2 aromatic rings. The summed E-state index contributed by atoms with van der Waals surface area (Å²) in [6.45, 7) is 4.03. The largest absolute Gasteiger partial charge is 0.338 e. The first kappa shape index (κ1) is 16.0. The summed E-state index contributed by atoms with van der Waals surface area (Å²) >= 11 is 6.08. The Bertz CT molecular complexity index is 528. The highest BCUT2D eigenvalue weighted by Gasteiger charge is 2.18. The van der Waals surface area contributed by atoms with Crippen molar-refractivity contribution in [3.8, 4) is 0 Å². The van der Waals surface area contributed by atoms with Crippen LogP contribution in [0.1, 0.15) is 37.2 Å². The predicted molar refractivity (Wildman–Crippen MR) is 77.6 cm³/mol. The number of nitrogens with zero attached hydrogens (tertiary/aromatic N) is 2. The summed E-state index contributed by atoms with van der Waals surface area (Å²) < 4.78 is 5.17. The molecule has 0 unspecified atom stereocenters. The minimum atomic E-state index is -0.225. The maximum absolute atomic E-state index is 6.08. The number of benzene rings is 1. The van der Waals surface area contributed by atoms with Gasteiger partial charge in [-0.1, -0.05) is 48.8 Å². The Kier molecular flexibility index (Phi) is 5.79. The molecular formula is C13H17Cl2N3O. The Morgan fingerprint density at radius 3 is 2.63 bits per heavy atom. The molecule has 6 heteroatoms. The molecule has 2 N–H and O–H groups in total. The molecule has 0 fully saturated rings. The van der Waals surface area contributed by atoms with E-state index in [1.807, 2.05) is 38.1 Å². The van der Waals surface area contributed by atoms with Crippen LogP contribution in [-0.2, 0) is 6.42 Å². The van der Waals surface area contributed by atoms with Crippen molar-refractivity contribution < 1.29 is 4.52 Å². The average Bonchev–Trinajstić information content (AvgIpc) is 2.79. The quantitative estimate of drug-likeness (QED) is 0.940. The summed E-state index contributed by atoms with van der Waals surface area (Å²) in [7, 11) is 0. The van der Waals surface area contributed by atoms with Gasteiger partial charge in [0.15, 0.2) is 5.82 Å². The van der Waals surface area contributed by atoms with E-state index in [-0.39, 0.29) is 24.4 Å². The van der Waals surface area contributed by atoms with Crippen LogP contribution in [0.3, 0.4) is 0 Å². The molecule has 1 aromatic carbocycles. The first-order valence-electron chi connectivity index (χ1n) is 5.89. The second-order valence-electron chi connectivity index (χ2n) is 4.59. The molecule has 0 spiro atoms. The van der Waals surface area contributed by atoms with Gasteiger partial charge < -0.3 is 10.3 Å². The van der Waals surface area contributed by atoms with Crippen LogP contribution < -0.4 is 5.73 Å². The molecule has 2 rings (SSSR count). The maximum Gasteiger partial charge on any atom is 0.243 e. The molecule has 1 atom stereocenters. The van der Waals surface area contributed by atoms with Crippen molar-refractivity contribution in [1.29, 1.82) is 0 Å². The second-order valence-corrected chi connectivity index (χ2v) is 4.99. The molecule has 0 aliphatic rings. The van der Waals surface area contributed by atoms with E-state index in [1.165, 1.54) is 0 Å². The molecule has 0 amide bonds. The SMILES string of the molecule is CC(C)[C@@H](N)c1nc(Cc2ccccc2Cl)no1.Cl. The summed E-state index contributed by atoms with van der Waals surface area (Å²) in [4.78, 5) is 4.31. The van der Waals surface area contributed by atoms with Crippen LogP contribution >= 0.6 is 24.0 Å². The third-order valence-electron chi connectivity index (χ3n) is 2.79. The van der Waals surface area contributed by atoms with Gasteiger partial charge in [0.1, 0.15) is 0 Å². The lowest BCUT2D eigenvalue weighted by Gasteiger charge is -2.09. The summed E-state index contributed by atoms with van der Waals surface area (Å²) in [5.41, 5.74) is 6.93. The van der Waals surface area contributed by atoms with Gasteiger partial charge in [0.25, 0.3) is 0 Å². The Balaban J connectivity index is 0.00000180. The standard InChI is InChI=1S/C13H16ClN3O.ClH/c1-8(2)12(15)13-16-11(17-18-13)7-9-5-3-4-6-10(9)14;/h3-6,8,12H,7,15H2,1-2H3;1H/t12-;/m1./s1. The highest BCUT2D eigenvalue weighted by atomic mass is 35.5. The van der Waals surface area contributed by atoms with Crippen LogP contribution in [0, 0.1) is 5.92 Å². The van der Waals surface area contributed by atoms with Gasteiger partial charge in [0.2, 0.25) is 5.89 Å². The smallest absolute Gasteiger partial charge is 0.243 e.